The summed E-state index contributed by atoms with van der Waals surface area (Å²) in [5, 5.41) is 12.4. The zero-order valence-electron chi connectivity index (χ0n) is 16.1. The highest BCUT2D eigenvalue weighted by molar-refractivity contribution is 9.11. The van der Waals surface area contributed by atoms with Crippen LogP contribution >= 0.6 is 31.9 Å². The number of carboxylic acid groups (broad SMARTS) is 1. The predicted octanol–water partition coefficient (Wildman–Crippen LogP) is 6.42. The minimum absolute atomic E-state index is 0.391. The maximum absolute atomic E-state index is 11.2. The van der Waals surface area contributed by atoms with Crippen molar-refractivity contribution in [2.45, 2.75) is 13.0 Å². The fourth-order valence-corrected chi connectivity index (χ4v) is 4.34. The van der Waals surface area contributed by atoms with E-state index < -0.39 is 12.0 Å². The molecule has 30 heavy (non-hydrogen) atoms. The second-order valence-electron chi connectivity index (χ2n) is 6.90. The minimum Gasteiger partial charge on any atom is -0.490 e. The molecule has 1 unspecified atom stereocenters. The lowest BCUT2D eigenvalue weighted by molar-refractivity contribution is -0.140. The molecular formula is C23H19Br2NO4. The first-order valence-electron chi connectivity index (χ1n) is 9.41. The average Bonchev–Trinajstić information content (AvgIpc) is 3.15. The van der Waals surface area contributed by atoms with Crippen LogP contribution in [0.5, 0.6) is 11.5 Å². The van der Waals surface area contributed by atoms with Gasteiger partial charge in [0.05, 0.1) is 4.47 Å². The molecular weight excluding hydrogens is 514 g/mol. The van der Waals surface area contributed by atoms with E-state index >= 15 is 0 Å². The third kappa shape index (κ3) is 4.18. The van der Waals surface area contributed by atoms with Crippen molar-refractivity contribution >= 4 is 59.5 Å². The number of halogens is 2. The zero-order chi connectivity index (χ0) is 21.3. The molecule has 0 fully saturated rings. The number of carboxylic acids is 1. The Morgan fingerprint density at radius 2 is 1.80 bits per heavy atom. The first kappa shape index (κ1) is 20.8. The van der Waals surface area contributed by atoms with E-state index in [1.165, 1.54) is 0 Å². The Morgan fingerprint density at radius 1 is 1.00 bits per heavy atom. The Hall–Kier alpha value is -2.51. The number of hydrogen-bond acceptors (Lipinski definition) is 3. The molecule has 0 aliphatic heterocycles. The van der Waals surface area contributed by atoms with Crippen molar-refractivity contribution in [2.24, 2.45) is 0 Å². The molecule has 4 aromatic rings. The van der Waals surface area contributed by atoms with Crippen LogP contribution in [0, 0.1) is 0 Å². The molecule has 0 aliphatic carbocycles. The molecule has 1 aromatic heterocycles. The van der Waals surface area contributed by atoms with E-state index in [2.05, 4.69) is 37.9 Å². The number of aromatic nitrogens is 1. The molecule has 0 amide bonds. The van der Waals surface area contributed by atoms with Crippen molar-refractivity contribution in [3.8, 4) is 11.5 Å². The van der Waals surface area contributed by atoms with Crippen molar-refractivity contribution in [3.05, 3.63) is 69.7 Å². The molecule has 0 saturated carbocycles. The van der Waals surface area contributed by atoms with Gasteiger partial charge in [0.15, 0.2) is 0 Å². The van der Waals surface area contributed by atoms with E-state index in [4.69, 9.17) is 9.47 Å². The van der Waals surface area contributed by atoms with Crippen molar-refractivity contribution < 1.29 is 19.4 Å². The lowest BCUT2D eigenvalue weighted by Crippen LogP contribution is -2.14. The normalized spacial score (nSPS) is 12.2. The van der Waals surface area contributed by atoms with Crippen LogP contribution in [0.4, 0.5) is 0 Å². The number of ether oxygens (including phenoxy) is 2. The van der Waals surface area contributed by atoms with Crippen LogP contribution in [0.15, 0.2) is 69.7 Å². The van der Waals surface area contributed by atoms with Gasteiger partial charge in [0.1, 0.15) is 30.8 Å². The van der Waals surface area contributed by atoms with Crippen molar-refractivity contribution in [1.29, 1.82) is 0 Å². The highest BCUT2D eigenvalue weighted by Crippen LogP contribution is 2.34. The van der Waals surface area contributed by atoms with Gasteiger partial charge < -0.3 is 19.1 Å². The summed E-state index contributed by atoms with van der Waals surface area (Å²) in [4.78, 5) is 11.2. The van der Waals surface area contributed by atoms with E-state index in [1.54, 1.807) is 17.7 Å². The number of benzene rings is 3. The topological polar surface area (TPSA) is 60.7 Å². The van der Waals surface area contributed by atoms with Gasteiger partial charge >= 0.3 is 5.97 Å². The molecule has 154 valence electrons. The Balaban J connectivity index is 1.39. The molecule has 1 atom stereocenters. The second kappa shape index (κ2) is 8.70. The molecule has 0 aliphatic rings. The molecule has 7 heteroatoms. The molecule has 3 aromatic carbocycles. The van der Waals surface area contributed by atoms with Crippen LogP contribution < -0.4 is 9.47 Å². The smallest absolute Gasteiger partial charge is 0.326 e. The van der Waals surface area contributed by atoms with Crippen LogP contribution in [0.25, 0.3) is 21.7 Å². The zero-order valence-corrected chi connectivity index (χ0v) is 19.3. The lowest BCUT2D eigenvalue weighted by atomic mass is 10.1. The number of aliphatic carboxylic acids is 1. The summed E-state index contributed by atoms with van der Waals surface area (Å²) in [6.45, 7) is 2.45. The van der Waals surface area contributed by atoms with Gasteiger partial charge in [-0.15, -0.1) is 0 Å². The van der Waals surface area contributed by atoms with Crippen LogP contribution in [0.1, 0.15) is 13.0 Å². The van der Waals surface area contributed by atoms with Gasteiger partial charge in [-0.2, -0.15) is 0 Å². The second-order valence-corrected chi connectivity index (χ2v) is 8.61. The molecule has 0 spiro atoms. The van der Waals surface area contributed by atoms with E-state index in [1.807, 2.05) is 48.5 Å². The third-order valence-electron chi connectivity index (χ3n) is 4.96. The molecule has 0 radical (unpaired) electrons. The first-order valence-corrected chi connectivity index (χ1v) is 11.0. The number of hydrogen-bond donors (Lipinski definition) is 1. The Morgan fingerprint density at radius 3 is 2.60 bits per heavy atom. The van der Waals surface area contributed by atoms with E-state index in [0.29, 0.717) is 19.0 Å². The van der Waals surface area contributed by atoms with Crippen LogP contribution in [0.3, 0.4) is 0 Å². The summed E-state index contributed by atoms with van der Waals surface area (Å²) in [6.07, 6.45) is 1.78. The van der Waals surface area contributed by atoms with Gasteiger partial charge in [-0.3, -0.25) is 0 Å². The number of nitrogens with zero attached hydrogens (tertiary/aromatic N) is 1. The number of fused-ring (bicyclic) bond motifs is 2. The SMILES string of the molecule is CC(C(=O)O)n1ccc2cc(OCCOc3ccc4cc(Br)ccc4c3Br)ccc21. The largest absolute Gasteiger partial charge is 0.490 e. The summed E-state index contributed by atoms with van der Waals surface area (Å²) in [5.41, 5.74) is 0.861. The lowest BCUT2D eigenvalue weighted by Gasteiger charge is -2.12. The van der Waals surface area contributed by atoms with Gasteiger partial charge in [-0.1, -0.05) is 28.1 Å². The Labute approximate surface area is 190 Å². The first-order chi connectivity index (χ1) is 14.4. The van der Waals surface area contributed by atoms with Gasteiger partial charge in [-0.05, 0) is 76.1 Å². The van der Waals surface area contributed by atoms with Crippen LogP contribution in [-0.4, -0.2) is 28.9 Å². The molecule has 5 nitrogen and oxygen atoms in total. The predicted molar refractivity (Wildman–Crippen MR) is 125 cm³/mol. The highest BCUT2D eigenvalue weighted by Gasteiger charge is 2.15. The quantitative estimate of drug-likeness (QED) is 0.279. The molecule has 0 bridgehead atoms. The van der Waals surface area contributed by atoms with E-state index in [0.717, 1.165) is 36.4 Å². The maximum Gasteiger partial charge on any atom is 0.326 e. The van der Waals surface area contributed by atoms with E-state index in [9.17, 15) is 9.90 Å². The monoisotopic (exact) mass is 531 g/mol. The Bertz CT molecular complexity index is 1230. The maximum atomic E-state index is 11.2. The average molecular weight is 533 g/mol. The van der Waals surface area contributed by atoms with Crippen molar-refractivity contribution in [2.75, 3.05) is 13.2 Å². The van der Waals surface area contributed by atoms with Gasteiger partial charge in [0, 0.05) is 21.6 Å². The standard InChI is InChI=1S/C23H19Br2NO4/c1-14(23(27)28)26-9-8-16-13-18(4-6-20(16)26)29-10-11-30-21-7-2-15-12-17(24)3-5-19(15)22(21)25/h2-9,12-14H,10-11H2,1H3,(H,27,28). The molecule has 0 saturated heterocycles. The molecule has 1 heterocycles. The van der Waals surface area contributed by atoms with Crippen LogP contribution in [-0.2, 0) is 4.79 Å². The van der Waals surface area contributed by atoms with Crippen molar-refractivity contribution in [1.82, 2.24) is 4.57 Å². The van der Waals surface area contributed by atoms with E-state index in [-0.39, 0.29) is 0 Å². The van der Waals surface area contributed by atoms with Gasteiger partial charge in [0.2, 0.25) is 0 Å². The fraction of sp³-hybridized carbons (Fsp3) is 0.174. The number of carbonyl (C=O) groups is 1. The summed E-state index contributed by atoms with van der Waals surface area (Å²) in [6, 6.07) is 17.0. The fourth-order valence-electron chi connectivity index (χ4n) is 3.35. The summed E-state index contributed by atoms with van der Waals surface area (Å²) < 4.78 is 15.4. The third-order valence-corrected chi connectivity index (χ3v) is 6.27. The summed E-state index contributed by atoms with van der Waals surface area (Å²) in [7, 11) is 0. The molecule has 4 rings (SSSR count). The summed E-state index contributed by atoms with van der Waals surface area (Å²) in [5.74, 6) is 0.621. The summed E-state index contributed by atoms with van der Waals surface area (Å²) >= 11 is 7.12. The Kier molecular flexibility index (Phi) is 6.01. The minimum atomic E-state index is -0.863. The van der Waals surface area contributed by atoms with Crippen molar-refractivity contribution in [3.63, 3.8) is 0 Å². The number of rotatable bonds is 7. The molecule has 1 N–H and O–H groups in total. The van der Waals surface area contributed by atoms with Crippen LogP contribution in [0.2, 0.25) is 0 Å². The highest BCUT2D eigenvalue weighted by atomic mass is 79.9. The van der Waals surface area contributed by atoms with Gasteiger partial charge in [0.25, 0.3) is 0 Å². The van der Waals surface area contributed by atoms with Gasteiger partial charge in [-0.25, -0.2) is 4.79 Å².